The third-order valence-corrected chi connectivity index (χ3v) is 4.96. The summed E-state index contributed by atoms with van der Waals surface area (Å²) < 4.78 is 1.91. The highest BCUT2D eigenvalue weighted by atomic mass is 16.1. The fourth-order valence-electron chi connectivity index (χ4n) is 3.43. The van der Waals surface area contributed by atoms with Gasteiger partial charge in [0.1, 0.15) is 12.1 Å². The lowest BCUT2D eigenvalue weighted by Crippen LogP contribution is -2.13. The first kappa shape index (κ1) is 20.5. The van der Waals surface area contributed by atoms with Gasteiger partial charge >= 0.3 is 0 Å². The molecule has 4 aromatic rings. The minimum Gasteiger partial charge on any atom is -0.348 e. The molecular formula is C24H26N6O. The van der Waals surface area contributed by atoms with Crippen LogP contribution in [0.15, 0.2) is 67.1 Å². The molecule has 0 saturated heterocycles. The van der Waals surface area contributed by atoms with Crippen LogP contribution in [-0.2, 0) is 4.79 Å². The van der Waals surface area contributed by atoms with Gasteiger partial charge in [0.25, 0.3) is 0 Å². The summed E-state index contributed by atoms with van der Waals surface area (Å²) in [5, 5.41) is 6.29. The van der Waals surface area contributed by atoms with Crippen LogP contribution in [0.3, 0.4) is 0 Å². The maximum absolute atomic E-state index is 12.1. The molecule has 0 radical (unpaired) electrons. The summed E-state index contributed by atoms with van der Waals surface area (Å²) in [6.45, 7) is 6.12. The number of anilines is 2. The van der Waals surface area contributed by atoms with E-state index in [0.717, 1.165) is 28.1 Å². The Morgan fingerprint density at radius 3 is 2.61 bits per heavy atom. The highest BCUT2D eigenvalue weighted by Gasteiger charge is 2.11. The van der Waals surface area contributed by atoms with Gasteiger partial charge < -0.3 is 10.6 Å². The monoisotopic (exact) mass is 414 g/mol. The molecule has 1 atom stereocenters. The molecule has 0 unspecified atom stereocenters. The SMILES string of the molecule is CC(C)CC(=O)Nc1ccc2c(c1)ncn2-c1ccnc(N[C@@H](C)c2ccccc2)n1. The van der Waals surface area contributed by atoms with E-state index in [2.05, 4.69) is 44.6 Å². The fourth-order valence-corrected chi connectivity index (χ4v) is 3.43. The van der Waals surface area contributed by atoms with Gasteiger partial charge in [-0.1, -0.05) is 44.2 Å². The van der Waals surface area contributed by atoms with Crippen LogP contribution in [0.1, 0.15) is 38.8 Å². The van der Waals surface area contributed by atoms with Crippen LogP contribution in [0.25, 0.3) is 16.9 Å². The summed E-state index contributed by atoms with van der Waals surface area (Å²) in [6.07, 6.45) is 3.95. The summed E-state index contributed by atoms with van der Waals surface area (Å²) in [5.74, 6) is 1.59. The standard InChI is InChI=1S/C24H26N6O/c1-16(2)13-23(31)28-19-9-10-21-20(14-19)26-15-30(21)22-11-12-25-24(29-22)27-17(3)18-7-5-4-6-8-18/h4-12,14-17H,13H2,1-3H3,(H,28,31)(H,25,27,29)/t17-/m0/s1. The van der Waals surface area contributed by atoms with Gasteiger partial charge in [-0.2, -0.15) is 4.98 Å². The summed E-state index contributed by atoms with van der Waals surface area (Å²) in [7, 11) is 0. The molecule has 0 saturated carbocycles. The van der Waals surface area contributed by atoms with Crippen LogP contribution in [0.4, 0.5) is 11.6 Å². The van der Waals surface area contributed by atoms with E-state index in [1.807, 2.05) is 60.9 Å². The van der Waals surface area contributed by atoms with Crippen LogP contribution >= 0.6 is 0 Å². The Morgan fingerprint density at radius 1 is 1.03 bits per heavy atom. The van der Waals surface area contributed by atoms with Crippen molar-refractivity contribution in [2.24, 2.45) is 5.92 Å². The first-order chi connectivity index (χ1) is 15.0. The van der Waals surface area contributed by atoms with Crippen LogP contribution in [-0.4, -0.2) is 25.4 Å². The molecule has 0 aliphatic carbocycles. The molecule has 2 heterocycles. The third kappa shape index (κ3) is 4.88. The number of benzene rings is 2. The second kappa shape index (κ2) is 8.95. The summed E-state index contributed by atoms with van der Waals surface area (Å²) in [6, 6.07) is 17.8. The second-order valence-electron chi connectivity index (χ2n) is 7.98. The van der Waals surface area contributed by atoms with Crippen molar-refractivity contribution in [3.8, 4) is 5.82 Å². The van der Waals surface area contributed by atoms with Gasteiger partial charge in [0.15, 0.2) is 0 Å². The topological polar surface area (TPSA) is 84.7 Å². The van der Waals surface area contributed by atoms with Crippen molar-refractivity contribution in [1.29, 1.82) is 0 Å². The minimum atomic E-state index is 0.00725. The number of fused-ring (bicyclic) bond motifs is 1. The number of carbonyl (C=O) groups is 1. The van der Waals surface area contributed by atoms with Crippen molar-refractivity contribution in [2.75, 3.05) is 10.6 Å². The molecule has 2 aromatic carbocycles. The van der Waals surface area contributed by atoms with Crippen LogP contribution in [0.5, 0.6) is 0 Å². The Bertz CT molecular complexity index is 1190. The molecule has 2 aromatic heterocycles. The maximum atomic E-state index is 12.1. The van der Waals surface area contributed by atoms with Crippen molar-refractivity contribution < 1.29 is 4.79 Å². The van der Waals surface area contributed by atoms with Crippen molar-refractivity contribution >= 4 is 28.6 Å². The molecule has 2 N–H and O–H groups in total. The van der Waals surface area contributed by atoms with Crippen molar-refractivity contribution in [3.05, 3.63) is 72.7 Å². The molecule has 0 fully saturated rings. The van der Waals surface area contributed by atoms with Crippen LogP contribution < -0.4 is 10.6 Å². The molecule has 4 rings (SSSR count). The van der Waals surface area contributed by atoms with Gasteiger partial charge in [0.2, 0.25) is 11.9 Å². The highest BCUT2D eigenvalue weighted by molar-refractivity contribution is 5.93. The zero-order valence-corrected chi connectivity index (χ0v) is 17.9. The maximum Gasteiger partial charge on any atom is 0.225 e. The van der Waals surface area contributed by atoms with E-state index in [-0.39, 0.29) is 11.9 Å². The molecular weight excluding hydrogens is 388 g/mol. The number of hydrogen-bond donors (Lipinski definition) is 2. The zero-order valence-electron chi connectivity index (χ0n) is 17.9. The molecule has 0 spiro atoms. The zero-order chi connectivity index (χ0) is 21.8. The van der Waals surface area contributed by atoms with Gasteiger partial charge in [-0.3, -0.25) is 9.36 Å². The van der Waals surface area contributed by atoms with E-state index >= 15 is 0 Å². The van der Waals surface area contributed by atoms with E-state index in [1.54, 1.807) is 12.5 Å². The fraction of sp³-hybridized carbons (Fsp3) is 0.250. The molecule has 31 heavy (non-hydrogen) atoms. The molecule has 7 nitrogen and oxygen atoms in total. The van der Waals surface area contributed by atoms with Gasteiger partial charge in [-0.25, -0.2) is 9.97 Å². The molecule has 1 amide bonds. The van der Waals surface area contributed by atoms with Crippen LogP contribution in [0.2, 0.25) is 0 Å². The normalized spacial score (nSPS) is 12.1. The molecule has 0 aliphatic rings. The predicted molar refractivity (Wildman–Crippen MR) is 123 cm³/mol. The van der Waals surface area contributed by atoms with Crippen molar-refractivity contribution in [2.45, 2.75) is 33.2 Å². The summed E-state index contributed by atoms with van der Waals surface area (Å²) in [5.41, 5.74) is 3.59. The molecule has 0 aliphatic heterocycles. The van der Waals surface area contributed by atoms with E-state index in [0.29, 0.717) is 18.3 Å². The first-order valence-corrected chi connectivity index (χ1v) is 10.4. The smallest absolute Gasteiger partial charge is 0.225 e. The Balaban J connectivity index is 1.55. The number of imidazole rings is 1. The summed E-state index contributed by atoms with van der Waals surface area (Å²) in [4.78, 5) is 25.6. The van der Waals surface area contributed by atoms with Crippen LogP contribution in [0, 0.1) is 5.92 Å². The Labute approximate surface area is 181 Å². The minimum absolute atomic E-state index is 0.00725. The number of nitrogens with one attached hydrogen (secondary N) is 2. The number of amides is 1. The lowest BCUT2D eigenvalue weighted by atomic mass is 10.1. The van der Waals surface area contributed by atoms with Crippen molar-refractivity contribution in [1.82, 2.24) is 19.5 Å². The number of rotatable bonds is 7. The van der Waals surface area contributed by atoms with Crippen molar-refractivity contribution in [3.63, 3.8) is 0 Å². The average Bonchev–Trinajstić information content (AvgIpc) is 3.17. The van der Waals surface area contributed by atoms with Gasteiger partial charge in [-0.05, 0) is 42.7 Å². The van der Waals surface area contributed by atoms with E-state index in [9.17, 15) is 4.79 Å². The number of nitrogens with zero attached hydrogens (tertiary/aromatic N) is 4. The van der Waals surface area contributed by atoms with E-state index < -0.39 is 0 Å². The number of aromatic nitrogens is 4. The Hall–Kier alpha value is -3.74. The highest BCUT2D eigenvalue weighted by Crippen LogP contribution is 2.22. The first-order valence-electron chi connectivity index (χ1n) is 10.4. The Morgan fingerprint density at radius 2 is 1.84 bits per heavy atom. The van der Waals surface area contributed by atoms with Gasteiger partial charge in [0.05, 0.1) is 17.1 Å². The van der Waals surface area contributed by atoms with E-state index in [4.69, 9.17) is 0 Å². The molecule has 7 heteroatoms. The second-order valence-corrected chi connectivity index (χ2v) is 7.98. The predicted octanol–water partition coefficient (Wildman–Crippen LogP) is 4.97. The average molecular weight is 415 g/mol. The molecule has 0 bridgehead atoms. The lowest BCUT2D eigenvalue weighted by Gasteiger charge is -2.14. The number of carbonyl (C=O) groups excluding carboxylic acids is 1. The van der Waals surface area contributed by atoms with Gasteiger partial charge in [-0.15, -0.1) is 0 Å². The summed E-state index contributed by atoms with van der Waals surface area (Å²) >= 11 is 0. The Kier molecular flexibility index (Phi) is 5.93. The quantitative estimate of drug-likeness (QED) is 0.446. The number of hydrogen-bond acceptors (Lipinski definition) is 5. The largest absolute Gasteiger partial charge is 0.348 e. The van der Waals surface area contributed by atoms with Gasteiger partial charge in [0, 0.05) is 18.3 Å². The lowest BCUT2D eigenvalue weighted by molar-refractivity contribution is -0.116. The molecule has 158 valence electrons. The van der Waals surface area contributed by atoms with E-state index in [1.165, 1.54) is 0 Å². The third-order valence-electron chi connectivity index (χ3n) is 4.96.